The number of hydrogen-bond donors (Lipinski definition) is 1. The van der Waals surface area contributed by atoms with E-state index in [4.69, 9.17) is 9.47 Å². The van der Waals surface area contributed by atoms with E-state index in [1.165, 1.54) is 5.56 Å². The number of fused-ring (bicyclic) bond motifs is 2. The van der Waals surface area contributed by atoms with E-state index in [9.17, 15) is 0 Å². The quantitative estimate of drug-likeness (QED) is 0.802. The summed E-state index contributed by atoms with van der Waals surface area (Å²) in [7, 11) is 1.67. The summed E-state index contributed by atoms with van der Waals surface area (Å²) >= 11 is 0. The number of methoxy groups -OCH3 is 1. The van der Waals surface area contributed by atoms with Gasteiger partial charge in [-0.1, -0.05) is 18.2 Å². The van der Waals surface area contributed by atoms with E-state index >= 15 is 0 Å². The average Bonchev–Trinajstić information content (AvgIpc) is 3.02. The first-order valence-corrected chi connectivity index (χ1v) is 7.67. The van der Waals surface area contributed by atoms with E-state index in [0.717, 1.165) is 36.1 Å². The number of nitrogens with one attached hydrogen (secondary N) is 1. The molecule has 118 valence electrons. The van der Waals surface area contributed by atoms with Crippen LogP contribution in [0, 0.1) is 5.92 Å². The molecule has 6 nitrogen and oxygen atoms in total. The Morgan fingerprint density at radius 2 is 2.22 bits per heavy atom. The highest BCUT2D eigenvalue weighted by atomic mass is 16.5. The van der Waals surface area contributed by atoms with Gasteiger partial charge in [0, 0.05) is 18.7 Å². The number of ether oxygens (including phenoxy) is 2. The summed E-state index contributed by atoms with van der Waals surface area (Å²) in [5, 5.41) is 11.7. The lowest BCUT2D eigenvalue weighted by Gasteiger charge is -2.26. The van der Waals surface area contributed by atoms with Crippen LogP contribution in [-0.2, 0) is 6.42 Å². The average molecular weight is 310 g/mol. The van der Waals surface area contributed by atoms with Crippen LogP contribution in [0.25, 0.3) is 5.65 Å². The Bertz CT molecular complexity index is 830. The maximum Gasteiger partial charge on any atom is 0.229 e. The van der Waals surface area contributed by atoms with Crippen molar-refractivity contribution in [3.8, 4) is 11.5 Å². The summed E-state index contributed by atoms with van der Waals surface area (Å²) in [5.74, 6) is 2.82. The summed E-state index contributed by atoms with van der Waals surface area (Å²) in [6, 6.07) is 11.9. The van der Waals surface area contributed by atoms with Crippen LogP contribution in [0.5, 0.6) is 11.5 Å². The minimum absolute atomic E-state index is 0.380. The van der Waals surface area contributed by atoms with Gasteiger partial charge in [-0.25, -0.2) is 0 Å². The number of nitrogens with zero attached hydrogens (tertiary/aromatic N) is 3. The predicted octanol–water partition coefficient (Wildman–Crippen LogP) is 2.40. The van der Waals surface area contributed by atoms with Gasteiger partial charge in [0.25, 0.3) is 0 Å². The van der Waals surface area contributed by atoms with E-state index in [1.807, 2.05) is 40.9 Å². The van der Waals surface area contributed by atoms with Gasteiger partial charge < -0.3 is 14.8 Å². The molecular weight excluding hydrogens is 292 g/mol. The molecule has 1 atom stereocenters. The number of para-hydroxylation sites is 1. The van der Waals surface area contributed by atoms with Gasteiger partial charge in [-0.3, -0.25) is 4.40 Å². The standard InChI is InChI=1S/C17H18N4O2/c1-22-14-6-4-5-13-9-12(11-23-16(13)14)10-18-17-20-19-15-7-2-3-8-21(15)17/h2-8,12H,9-11H2,1H3,(H,18,20). The van der Waals surface area contributed by atoms with Crippen molar-refractivity contribution in [1.82, 2.24) is 14.6 Å². The zero-order valence-electron chi connectivity index (χ0n) is 12.9. The third kappa shape index (κ3) is 2.56. The lowest BCUT2D eigenvalue weighted by molar-refractivity contribution is 0.218. The van der Waals surface area contributed by atoms with Gasteiger partial charge in [0.05, 0.1) is 13.7 Å². The Morgan fingerprint density at radius 3 is 3.13 bits per heavy atom. The maximum atomic E-state index is 5.91. The van der Waals surface area contributed by atoms with E-state index in [-0.39, 0.29) is 0 Å². The van der Waals surface area contributed by atoms with Crippen LogP contribution in [0.15, 0.2) is 42.6 Å². The topological polar surface area (TPSA) is 60.7 Å². The van der Waals surface area contributed by atoms with Crippen LogP contribution >= 0.6 is 0 Å². The number of benzene rings is 1. The molecule has 0 saturated heterocycles. The SMILES string of the molecule is COc1cccc2c1OCC(CNc1nnc3ccccn13)C2. The molecule has 6 heteroatoms. The van der Waals surface area contributed by atoms with Gasteiger partial charge >= 0.3 is 0 Å². The Labute approximate surface area is 134 Å². The zero-order valence-corrected chi connectivity index (χ0v) is 12.9. The van der Waals surface area contributed by atoms with Gasteiger partial charge in [0.1, 0.15) is 0 Å². The largest absolute Gasteiger partial charge is 0.493 e. The van der Waals surface area contributed by atoms with Crippen molar-refractivity contribution in [3.05, 3.63) is 48.2 Å². The smallest absolute Gasteiger partial charge is 0.229 e. The van der Waals surface area contributed by atoms with Crippen LogP contribution in [0.1, 0.15) is 5.56 Å². The Morgan fingerprint density at radius 1 is 1.26 bits per heavy atom. The molecule has 0 fully saturated rings. The predicted molar refractivity (Wildman–Crippen MR) is 87.2 cm³/mol. The van der Waals surface area contributed by atoms with E-state index < -0.39 is 0 Å². The van der Waals surface area contributed by atoms with Gasteiger partial charge in [-0.05, 0) is 30.2 Å². The molecule has 1 N–H and O–H groups in total. The van der Waals surface area contributed by atoms with Crippen molar-refractivity contribution in [3.63, 3.8) is 0 Å². The van der Waals surface area contributed by atoms with E-state index in [1.54, 1.807) is 7.11 Å². The fraction of sp³-hybridized carbons (Fsp3) is 0.294. The fourth-order valence-corrected chi connectivity index (χ4v) is 2.95. The molecule has 1 unspecified atom stereocenters. The highest BCUT2D eigenvalue weighted by Crippen LogP contribution is 2.35. The molecule has 4 rings (SSSR count). The molecule has 0 saturated carbocycles. The maximum absolute atomic E-state index is 5.91. The fourth-order valence-electron chi connectivity index (χ4n) is 2.95. The first-order valence-electron chi connectivity index (χ1n) is 7.67. The molecule has 23 heavy (non-hydrogen) atoms. The molecule has 0 spiro atoms. The van der Waals surface area contributed by atoms with Crippen molar-refractivity contribution in [2.24, 2.45) is 5.92 Å². The second-order valence-corrected chi connectivity index (χ2v) is 5.66. The van der Waals surface area contributed by atoms with Gasteiger partial charge in [0.2, 0.25) is 5.95 Å². The molecule has 0 amide bonds. The summed E-state index contributed by atoms with van der Waals surface area (Å²) in [6.07, 6.45) is 2.91. The second-order valence-electron chi connectivity index (χ2n) is 5.66. The summed E-state index contributed by atoms with van der Waals surface area (Å²) < 4.78 is 13.2. The minimum Gasteiger partial charge on any atom is -0.493 e. The molecule has 1 aliphatic rings. The number of aromatic nitrogens is 3. The number of rotatable bonds is 4. The highest BCUT2D eigenvalue weighted by molar-refractivity contribution is 5.48. The Balaban J connectivity index is 1.46. The molecule has 1 aliphatic heterocycles. The van der Waals surface area contributed by atoms with E-state index in [2.05, 4.69) is 21.6 Å². The van der Waals surface area contributed by atoms with Crippen LogP contribution in [-0.4, -0.2) is 34.9 Å². The minimum atomic E-state index is 0.380. The van der Waals surface area contributed by atoms with Gasteiger partial charge in [-0.2, -0.15) is 0 Å². The second kappa shape index (κ2) is 5.79. The molecule has 0 bridgehead atoms. The highest BCUT2D eigenvalue weighted by Gasteiger charge is 2.22. The molecular formula is C17H18N4O2. The Kier molecular flexibility index (Phi) is 3.49. The van der Waals surface area contributed by atoms with Crippen LogP contribution < -0.4 is 14.8 Å². The summed E-state index contributed by atoms with van der Waals surface area (Å²) in [5.41, 5.74) is 2.03. The zero-order chi connectivity index (χ0) is 15.6. The molecule has 0 aliphatic carbocycles. The lowest BCUT2D eigenvalue weighted by Crippen LogP contribution is -2.28. The van der Waals surface area contributed by atoms with E-state index in [0.29, 0.717) is 12.5 Å². The van der Waals surface area contributed by atoms with Crippen molar-refractivity contribution in [2.45, 2.75) is 6.42 Å². The molecule has 3 heterocycles. The summed E-state index contributed by atoms with van der Waals surface area (Å²) in [4.78, 5) is 0. The lowest BCUT2D eigenvalue weighted by atomic mass is 9.96. The molecule has 0 radical (unpaired) electrons. The van der Waals surface area contributed by atoms with Crippen molar-refractivity contribution in [2.75, 3.05) is 25.6 Å². The normalized spacial score (nSPS) is 16.7. The summed E-state index contributed by atoms with van der Waals surface area (Å²) in [6.45, 7) is 1.45. The van der Waals surface area contributed by atoms with Crippen LogP contribution in [0.4, 0.5) is 5.95 Å². The molecule has 3 aromatic rings. The van der Waals surface area contributed by atoms with Crippen molar-refractivity contribution >= 4 is 11.6 Å². The van der Waals surface area contributed by atoms with Gasteiger partial charge in [-0.15, -0.1) is 10.2 Å². The number of anilines is 1. The molecule has 2 aromatic heterocycles. The first kappa shape index (κ1) is 13.9. The molecule has 1 aromatic carbocycles. The van der Waals surface area contributed by atoms with Crippen LogP contribution in [0.3, 0.4) is 0 Å². The first-order chi connectivity index (χ1) is 11.3. The number of pyridine rings is 1. The third-order valence-corrected chi connectivity index (χ3v) is 4.11. The monoisotopic (exact) mass is 310 g/mol. The van der Waals surface area contributed by atoms with Crippen LogP contribution in [0.2, 0.25) is 0 Å². The Hall–Kier alpha value is -2.76. The number of hydrogen-bond acceptors (Lipinski definition) is 5. The van der Waals surface area contributed by atoms with Gasteiger partial charge in [0.15, 0.2) is 17.1 Å². The van der Waals surface area contributed by atoms with Crippen molar-refractivity contribution < 1.29 is 9.47 Å². The van der Waals surface area contributed by atoms with Crippen molar-refractivity contribution in [1.29, 1.82) is 0 Å². The third-order valence-electron chi connectivity index (χ3n) is 4.11.